The largest absolute Gasteiger partial charge is 0.481 e. The third-order valence-electron chi connectivity index (χ3n) is 3.43. The number of nitrogens with zero attached hydrogens (tertiary/aromatic N) is 3. The molecule has 1 aromatic heterocycles. The van der Waals surface area contributed by atoms with Crippen LogP contribution in [0.25, 0.3) is 0 Å². The molecule has 1 N–H and O–H groups in total. The van der Waals surface area contributed by atoms with Gasteiger partial charge in [0.05, 0.1) is 5.92 Å². The Morgan fingerprint density at radius 3 is 2.68 bits per heavy atom. The molecular weight excluding hydrogens is 286 g/mol. The third kappa shape index (κ3) is 5.48. The van der Waals surface area contributed by atoms with Gasteiger partial charge in [0.15, 0.2) is 0 Å². The molecule has 0 saturated heterocycles. The number of ether oxygens (including phenoxy) is 1. The van der Waals surface area contributed by atoms with Crippen LogP contribution in [0.4, 0.5) is 0 Å². The molecule has 0 spiro atoms. The van der Waals surface area contributed by atoms with Crippen LogP contribution in [0.1, 0.15) is 33.2 Å². The minimum Gasteiger partial charge on any atom is -0.481 e. The van der Waals surface area contributed by atoms with Gasteiger partial charge in [-0.25, -0.2) is 0 Å². The van der Waals surface area contributed by atoms with Crippen molar-refractivity contribution in [1.82, 2.24) is 14.7 Å². The third-order valence-corrected chi connectivity index (χ3v) is 3.43. The molecule has 0 saturated carbocycles. The van der Waals surface area contributed by atoms with E-state index < -0.39 is 17.9 Å². The number of amides is 1. The van der Waals surface area contributed by atoms with Gasteiger partial charge in [0.2, 0.25) is 5.91 Å². The summed E-state index contributed by atoms with van der Waals surface area (Å²) >= 11 is 0. The molecule has 7 nitrogen and oxygen atoms in total. The fraction of sp³-hybridized carbons (Fsp3) is 0.667. The molecule has 7 heteroatoms. The molecule has 0 aliphatic heterocycles. The maximum Gasteiger partial charge on any atom is 0.308 e. The minimum atomic E-state index is -0.908. The highest BCUT2D eigenvalue weighted by Gasteiger charge is 2.25. The van der Waals surface area contributed by atoms with E-state index in [1.165, 1.54) is 0 Å². The predicted octanol–water partition coefficient (Wildman–Crippen LogP) is 1.42. The Bertz CT molecular complexity index is 461. The molecule has 2 atom stereocenters. The first-order chi connectivity index (χ1) is 10.5. The van der Waals surface area contributed by atoms with Gasteiger partial charge in [-0.3, -0.25) is 14.3 Å². The Labute approximate surface area is 130 Å². The number of carbonyl (C=O) groups is 2. The second-order valence-corrected chi connectivity index (χ2v) is 5.24. The average Bonchev–Trinajstić information content (AvgIpc) is 3.02. The standard InChI is InChI=1S/C15H25N3O4/c1-4-22-10-6-8-17(11-12(2)15(20)21)14(19)13(3)18-9-5-7-16-18/h5,7,9,12-13H,4,6,8,10-11H2,1-3H3,(H,20,21). The lowest BCUT2D eigenvalue weighted by atomic mass is 10.1. The lowest BCUT2D eigenvalue weighted by Crippen LogP contribution is -2.41. The highest BCUT2D eigenvalue weighted by Crippen LogP contribution is 2.12. The Balaban J connectivity index is 2.69. The van der Waals surface area contributed by atoms with E-state index in [1.807, 2.05) is 6.92 Å². The first-order valence-corrected chi connectivity index (χ1v) is 7.55. The summed E-state index contributed by atoms with van der Waals surface area (Å²) < 4.78 is 6.85. The van der Waals surface area contributed by atoms with Crippen LogP contribution in [0.2, 0.25) is 0 Å². The lowest BCUT2D eigenvalue weighted by molar-refractivity contribution is -0.143. The molecule has 0 fully saturated rings. The van der Waals surface area contributed by atoms with Crippen molar-refractivity contribution in [2.45, 2.75) is 33.2 Å². The topological polar surface area (TPSA) is 84.7 Å². The number of aromatic nitrogens is 2. The Hall–Kier alpha value is -1.89. The van der Waals surface area contributed by atoms with Gasteiger partial charge in [-0.1, -0.05) is 6.92 Å². The van der Waals surface area contributed by atoms with Crippen molar-refractivity contribution in [3.05, 3.63) is 18.5 Å². The Morgan fingerprint density at radius 1 is 1.41 bits per heavy atom. The van der Waals surface area contributed by atoms with Crippen LogP contribution >= 0.6 is 0 Å². The van der Waals surface area contributed by atoms with Crippen molar-refractivity contribution in [3.63, 3.8) is 0 Å². The number of carboxylic acids is 1. The van der Waals surface area contributed by atoms with Gasteiger partial charge in [0.25, 0.3) is 0 Å². The van der Waals surface area contributed by atoms with Gasteiger partial charge in [-0.15, -0.1) is 0 Å². The van der Waals surface area contributed by atoms with E-state index in [1.54, 1.807) is 41.9 Å². The van der Waals surface area contributed by atoms with Crippen molar-refractivity contribution in [3.8, 4) is 0 Å². The molecule has 124 valence electrons. The zero-order chi connectivity index (χ0) is 16.5. The quantitative estimate of drug-likeness (QED) is 0.661. The normalized spacial score (nSPS) is 13.6. The smallest absolute Gasteiger partial charge is 0.308 e. The van der Waals surface area contributed by atoms with Gasteiger partial charge in [-0.05, 0) is 26.3 Å². The van der Waals surface area contributed by atoms with Crippen molar-refractivity contribution in [1.29, 1.82) is 0 Å². The number of carboxylic acid groups (broad SMARTS) is 1. The summed E-state index contributed by atoms with van der Waals surface area (Å²) in [6, 6.07) is 1.30. The first kappa shape index (κ1) is 18.2. The van der Waals surface area contributed by atoms with E-state index in [2.05, 4.69) is 5.10 Å². The van der Waals surface area contributed by atoms with Crippen LogP contribution in [0, 0.1) is 5.92 Å². The van der Waals surface area contributed by atoms with E-state index in [0.717, 1.165) is 0 Å². The van der Waals surface area contributed by atoms with Crippen LogP contribution in [0.5, 0.6) is 0 Å². The summed E-state index contributed by atoms with van der Waals surface area (Å²) in [7, 11) is 0. The molecule has 2 unspecified atom stereocenters. The van der Waals surface area contributed by atoms with Crippen molar-refractivity contribution < 1.29 is 19.4 Å². The summed E-state index contributed by atoms with van der Waals surface area (Å²) in [5.41, 5.74) is 0. The molecule has 1 aromatic rings. The van der Waals surface area contributed by atoms with E-state index in [0.29, 0.717) is 26.2 Å². The van der Waals surface area contributed by atoms with Gasteiger partial charge < -0.3 is 14.7 Å². The number of rotatable bonds is 10. The van der Waals surface area contributed by atoms with Gasteiger partial charge >= 0.3 is 5.97 Å². The molecule has 0 radical (unpaired) electrons. The highest BCUT2D eigenvalue weighted by atomic mass is 16.5. The molecule has 1 amide bonds. The van der Waals surface area contributed by atoms with Gasteiger partial charge in [0, 0.05) is 38.7 Å². The Kier molecular flexibility index (Phi) is 7.59. The molecule has 0 aliphatic rings. The van der Waals surface area contributed by atoms with E-state index >= 15 is 0 Å². The number of carbonyl (C=O) groups excluding carboxylic acids is 1. The van der Waals surface area contributed by atoms with Gasteiger partial charge in [-0.2, -0.15) is 5.10 Å². The molecule has 22 heavy (non-hydrogen) atoms. The fourth-order valence-electron chi connectivity index (χ4n) is 2.09. The highest BCUT2D eigenvalue weighted by molar-refractivity contribution is 5.80. The van der Waals surface area contributed by atoms with Crippen molar-refractivity contribution in [2.75, 3.05) is 26.3 Å². The molecule has 0 aliphatic carbocycles. The summed E-state index contributed by atoms with van der Waals surface area (Å²) in [6.07, 6.45) is 4.02. The molecular formula is C15H25N3O4. The molecule has 1 rings (SSSR count). The van der Waals surface area contributed by atoms with Crippen LogP contribution in [0.3, 0.4) is 0 Å². The number of aliphatic carboxylic acids is 1. The minimum absolute atomic E-state index is 0.131. The van der Waals surface area contributed by atoms with E-state index in [-0.39, 0.29) is 12.5 Å². The van der Waals surface area contributed by atoms with E-state index in [9.17, 15) is 9.59 Å². The molecule has 0 bridgehead atoms. The fourth-order valence-corrected chi connectivity index (χ4v) is 2.09. The zero-order valence-electron chi connectivity index (χ0n) is 13.4. The predicted molar refractivity (Wildman–Crippen MR) is 81.4 cm³/mol. The van der Waals surface area contributed by atoms with Crippen LogP contribution in [-0.4, -0.2) is 58.0 Å². The van der Waals surface area contributed by atoms with Crippen molar-refractivity contribution in [2.24, 2.45) is 5.92 Å². The molecule has 1 heterocycles. The van der Waals surface area contributed by atoms with Gasteiger partial charge in [0.1, 0.15) is 6.04 Å². The van der Waals surface area contributed by atoms with E-state index in [4.69, 9.17) is 9.84 Å². The number of hydrogen-bond donors (Lipinski definition) is 1. The zero-order valence-corrected chi connectivity index (χ0v) is 13.4. The van der Waals surface area contributed by atoms with Crippen LogP contribution in [0.15, 0.2) is 18.5 Å². The SMILES string of the molecule is CCOCCCN(CC(C)C(=O)O)C(=O)C(C)n1cccn1. The Morgan fingerprint density at radius 2 is 2.14 bits per heavy atom. The molecule has 0 aromatic carbocycles. The summed E-state index contributed by atoms with van der Waals surface area (Å²) in [5, 5.41) is 13.1. The van der Waals surface area contributed by atoms with Crippen LogP contribution < -0.4 is 0 Å². The summed E-state index contributed by atoms with van der Waals surface area (Å²) in [4.78, 5) is 25.2. The number of hydrogen-bond acceptors (Lipinski definition) is 4. The lowest BCUT2D eigenvalue weighted by Gasteiger charge is -2.27. The average molecular weight is 311 g/mol. The summed E-state index contributed by atoms with van der Waals surface area (Å²) in [6.45, 7) is 7.12. The second-order valence-electron chi connectivity index (χ2n) is 5.24. The summed E-state index contributed by atoms with van der Waals surface area (Å²) in [5.74, 6) is -1.65. The van der Waals surface area contributed by atoms with Crippen LogP contribution in [-0.2, 0) is 14.3 Å². The van der Waals surface area contributed by atoms with Crippen molar-refractivity contribution >= 4 is 11.9 Å². The first-order valence-electron chi connectivity index (χ1n) is 7.55. The second kappa shape index (κ2) is 9.19. The maximum atomic E-state index is 12.6. The maximum absolute atomic E-state index is 12.6. The monoisotopic (exact) mass is 311 g/mol.